The Morgan fingerprint density at radius 2 is 1.88 bits per heavy atom. The van der Waals surface area contributed by atoms with E-state index < -0.39 is 0 Å². The second-order valence-corrected chi connectivity index (χ2v) is 5.35. The molecule has 1 heteroatoms. The zero-order valence-electron chi connectivity index (χ0n) is 9.91. The summed E-state index contributed by atoms with van der Waals surface area (Å²) in [6, 6.07) is 9.56. The van der Waals surface area contributed by atoms with Crippen LogP contribution in [0.3, 0.4) is 0 Å². The summed E-state index contributed by atoms with van der Waals surface area (Å²) >= 11 is 0. The van der Waals surface area contributed by atoms with E-state index in [9.17, 15) is 0 Å². The summed E-state index contributed by atoms with van der Waals surface area (Å²) in [7, 11) is 0. The average molecular weight is 215 g/mol. The lowest BCUT2D eigenvalue weighted by atomic mass is 10.1. The van der Waals surface area contributed by atoms with Crippen molar-refractivity contribution in [2.75, 3.05) is 6.54 Å². The Bertz CT molecular complexity index is 352. The van der Waals surface area contributed by atoms with Gasteiger partial charge in [-0.05, 0) is 49.3 Å². The molecule has 1 atom stereocenters. The molecule has 1 saturated carbocycles. The van der Waals surface area contributed by atoms with E-state index in [0.29, 0.717) is 6.04 Å². The monoisotopic (exact) mass is 215 g/mol. The van der Waals surface area contributed by atoms with E-state index in [2.05, 4.69) is 29.6 Å². The van der Waals surface area contributed by atoms with Crippen LogP contribution in [0.2, 0.25) is 0 Å². The molecule has 0 aromatic heterocycles. The second kappa shape index (κ2) is 4.58. The van der Waals surface area contributed by atoms with Crippen molar-refractivity contribution in [3.8, 4) is 0 Å². The maximum absolute atomic E-state index is 3.78. The van der Waals surface area contributed by atoms with Gasteiger partial charge in [-0.2, -0.15) is 0 Å². The van der Waals surface area contributed by atoms with E-state index in [0.717, 1.165) is 5.92 Å². The van der Waals surface area contributed by atoms with Crippen LogP contribution in [0.4, 0.5) is 0 Å². The molecule has 1 nitrogen and oxygen atoms in total. The van der Waals surface area contributed by atoms with Crippen LogP contribution < -0.4 is 5.32 Å². The largest absolute Gasteiger partial charge is 0.310 e. The van der Waals surface area contributed by atoms with Gasteiger partial charge in [-0.25, -0.2) is 0 Å². The molecule has 2 aliphatic rings. The van der Waals surface area contributed by atoms with Crippen molar-refractivity contribution in [1.82, 2.24) is 5.32 Å². The molecular formula is C15H21N. The van der Waals surface area contributed by atoms with Crippen LogP contribution in [-0.2, 0) is 6.42 Å². The Morgan fingerprint density at radius 3 is 2.75 bits per heavy atom. The molecule has 1 aromatic carbocycles. The summed E-state index contributed by atoms with van der Waals surface area (Å²) < 4.78 is 0. The predicted molar refractivity (Wildman–Crippen MR) is 67.5 cm³/mol. The lowest BCUT2D eigenvalue weighted by Crippen LogP contribution is -2.24. The van der Waals surface area contributed by atoms with Crippen LogP contribution in [-0.4, -0.2) is 6.54 Å². The van der Waals surface area contributed by atoms with Crippen molar-refractivity contribution in [1.29, 1.82) is 0 Å². The van der Waals surface area contributed by atoms with Crippen LogP contribution in [0, 0.1) is 5.92 Å². The summed E-state index contributed by atoms with van der Waals surface area (Å²) in [4.78, 5) is 0. The van der Waals surface area contributed by atoms with Crippen molar-refractivity contribution >= 4 is 0 Å². The standard InChI is InChI=1S/C15H21N/c1-2-6-12(5-1)11-16-15-10-9-13-7-3-4-8-14(13)15/h3-4,7-8,12,15-16H,1-2,5-6,9-11H2. The Kier molecular flexibility index (Phi) is 2.96. The first kappa shape index (κ1) is 10.3. The molecule has 1 fully saturated rings. The summed E-state index contributed by atoms with van der Waals surface area (Å²) in [6.45, 7) is 1.24. The van der Waals surface area contributed by atoms with E-state index in [1.807, 2.05) is 0 Å². The molecule has 0 amide bonds. The molecule has 86 valence electrons. The van der Waals surface area contributed by atoms with Crippen LogP contribution in [0.15, 0.2) is 24.3 Å². The van der Waals surface area contributed by atoms with Gasteiger partial charge in [0.2, 0.25) is 0 Å². The summed E-state index contributed by atoms with van der Waals surface area (Å²) in [5.41, 5.74) is 3.12. The third-order valence-corrected chi connectivity index (χ3v) is 4.26. The van der Waals surface area contributed by atoms with Crippen molar-refractivity contribution in [3.05, 3.63) is 35.4 Å². The summed E-state index contributed by atoms with van der Waals surface area (Å²) in [5.74, 6) is 0.952. The molecule has 1 unspecified atom stereocenters. The molecule has 0 aliphatic heterocycles. The molecule has 16 heavy (non-hydrogen) atoms. The van der Waals surface area contributed by atoms with Gasteiger partial charge in [0.15, 0.2) is 0 Å². The van der Waals surface area contributed by atoms with Gasteiger partial charge in [-0.3, -0.25) is 0 Å². The van der Waals surface area contributed by atoms with Gasteiger partial charge in [0.1, 0.15) is 0 Å². The molecule has 0 spiro atoms. The predicted octanol–water partition coefficient (Wildman–Crippen LogP) is 3.45. The second-order valence-electron chi connectivity index (χ2n) is 5.35. The first-order valence-electron chi connectivity index (χ1n) is 6.74. The SMILES string of the molecule is c1ccc2c(c1)CCC2NCC1CCCC1. The Hall–Kier alpha value is -0.820. The maximum Gasteiger partial charge on any atom is 0.0326 e. The van der Waals surface area contributed by atoms with E-state index >= 15 is 0 Å². The fraction of sp³-hybridized carbons (Fsp3) is 0.600. The fourth-order valence-corrected chi connectivity index (χ4v) is 3.29. The number of hydrogen-bond donors (Lipinski definition) is 1. The van der Waals surface area contributed by atoms with Crippen LogP contribution in [0.1, 0.15) is 49.3 Å². The highest BCUT2D eigenvalue weighted by atomic mass is 14.9. The number of aryl methyl sites for hydroxylation is 1. The average Bonchev–Trinajstić information content (AvgIpc) is 2.96. The maximum atomic E-state index is 3.78. The minimum atomic E-state index is 0.636. The first-order valence-corrected chi connectivity index (χ1v) is 6.74. The molecular weight excluding hydrogens is 194 g/mol. The van der Waals surface area contributed by atoms with E-state index in [4.69, 9.17) is 0 Å². The van der Waals surface area contributed by atoms with Gasteiger partial charge >= 0.3 is 0 Å². The fourth-order valence-electron chi connectivity index (χ4n) is 3.29. The Balaban J connectivity index is 1.60. The molecule has 0 bridgehead atoms. The Morgan fingerprint density at radius 1 is 1.06 bits per heavy atom. The zero-order valence-corrected chi connectivity index (χ0v) is 9.91. The summed E-state index contributed by atoms with van der Waals surface area (Å²) in [5, 5.41) is 3.78. The highest BCUT2D eigenvalue weighted by molar-refractivity contribution is 5.34. The topological polar surface area (TPSA) is 12.0 Å². The van der Waals surface area contributed by atoms with E-state index in [1.165, 1.54) is 45.1 Å². The smallest absolute Gasteiger partial charge is 0.0326 e. The van der Waals surface area contributed by atoms with Gasteiger partial charge in [0, 0.05) is 6.04 Å². The van der Waals surface area contributed by atoms with Gasteiger partial charge in [0.25, 0.3) is 0 Å². The molecule has 0 saturated heterocycles. The molecule has 0 heterocycles. The third kappa shape index (κ3) is 2.01. The highest BCUT2D eigenvalue weighted by Gasteiger charge is 2.23. The van der Waals surface area contributed by atoms with Crippen molar-refractivity contribution < 1.29 is 0 Å². The number of benzene rings is 1. The molecule has 1 N–H and O–H groups in total. The quantitative estimate of drug-likeness (QED) is 0.814. The highest BCUT2D eigenvalue weighted by Crippen LogP contribution is 2.31. The number of rotatable bonds is 3. The Labute approximate surface area is 98.3 Å². The molecule has 3 rings (SSSR count). The zero-order chi connectivity index (χ0) is 10.8. The van der Waals surface area contributed by atoms with Crippen molar-refractivity contribution in [3.63, 3.8) is 0 Å². The normalized spacial score (nSPS) is 24.9. The lowest BCUT2D eigenvalue weighted by molar-refractivity contribution is 0.436. The first-order chi connectivity index (χ1) is 7.93. The molecule has 1 aromatic rings. The van der Waals surface area contributed by atoms with Crippen molar-refractivity contribution in [2.24, 2.45) is 5.92 Å². The van der Waals surface area contributed by atoms with E-state index in [1.54, 1.807) is 11.1 Å². The minimum Gasteiger partial charge on any atom is -0.310 e. The lowest BCUT2D eigenvalue weighted by Gasteiger charge is -2.17. The van der Waals surface area contributed by atoms with Crippen molar-refractivity contribution in [2.45, 2.75) is 44.6 Å². The number of nitrogens with one attached hydrogen (secondary N) is 1. The van der Waals surface area contributed by atoms with Gasteiger partial charge in [0.05, 0.1) is 0 Å². The van der Waals surface area contributed by atoms with Crippen LogP contribution in [0.5, 0.6) is 0 Å². The van der Waals surface area contributed by atoms with Gasteiger partial charge in [-0.15, -0.1) is 0 Å². The third-order valence-electron chi connectivity index (χ3n) is 4.26. The van der Waals surface area contributed by atoms with E-state index in [-0.39, 0.29) is 0 Å². The minimum absolute atomic E-state index is 0.636. The molecule has 0 radical (unpaired) electrons. The number of fused-ring (bicyclic) bond motifs is 1. The van der Waals surface area contributed by atoms with Crippen LogP contribution in [0.25, 0.3) is 0 Å². The number of hydrogen-bond acceptors (Lipinski definition) is 1. The van der Waals surface area contributed by atoms with Crippen LogP contribution >= 0.6 is 0 Å². The van der Waals surface area contributed by atoms with Gasteiger partial charge in [-0.1, -0.05) is 37.1 Å². The summed E-state index contributed by atoms with van der Waals surface area (Å²) in [6.07, 6.45) is 8.36. The van der Waals surface area contributed by atoms with Gasteiger partial charge < -0.3 is 5.32 Å². The molecule has 2 aliphatic carbocycles.